The minimum atomic E-state index is -0.717. The summed E-state index contributed by atoms with van der Waals surface area (Å²) in [6.45, 7) is 1.95. The molecule has 6 rings (SSSR count). The van der Waals surface area contributed by atoms with Crippen LogP contribution >= 0.6 is 11.3 Å². The molecule has 0 aliphatic carbocycles. The van der Waals surface area contributed by atoms with Crippen molar-refractivity contribution < 1.29 is 18.3 Å². The second-order valence-corrected chi connectivity index (χ2v) is 10.6. The van der Waals surface area contributed by atoms with E-state index in [0.29, 0.717) is 37.0 Å². The Balaban J connectivity index is 1.37. The molecule has 7 nitrogen and oxygen atoms in total. The van der Waals surface area contributed by atoms with Crippen LogP contribution in [0.5, 0.6) is 5.75 Å². The van der Waals surface area contributed by atoms with Gasteiger partial charge in [-0.3, -0.25) is 4.79 Å². The number of fused-ring (bicyclic) bond motifs is 3. The summed E-state index contributed by atoms with van der Waals surface area (Å²) >= 11 is 1.49. The lowest BCUT2D eigenvalue weighted by molar-refractivity contribution is 0.0783. The fourth-order valence-corrected chi connectivity index (χ4v) is 6.17. The van der Waals surface area contributed by atoms with Crippen LogP contribution < -0.4 is 4.74 Å². The third-order valence-corrected chi connectivity index (χ3v) is 8.20. The summed E-state index contributed by atoms with van der Waals surface area (Å²) in [5.41, 5.74) is 2.67. The van der Waals surface area contributed by atoms with E-state index in [1.807, 2.05) is 43.3 Å². The number of thiophene rings is 1. The SMILES string of the molecule is CN(C)C1CCN(C(=O)c2ccc3c(c2)-c2sc(-c4ncnn4-c4ccc(F)cc4F)cc2CCO3)C1. The fraction of sp³-hybridized carbons (Fsp3) is 0.296. The number of nitrogens with zero attached hydrogens (tertiary/aromatic N) is 5. The Morgan fingerprint density at radius 1 is 1.16 bits per heavy atom. The molecule has 1 atom stereocenters. The van der Waals surface area contributed by atoms with E-state index in [9.17, 15) is 13.6 Å². The molecule has 10 heteroatoms. The lowest BCUT2D eigenvalue weighted by Crippen LogP contribution is -2.34. The Labute approximate surface area is 216 Å². The maximum atomic E-state index is 14.5. The number of ether oxygens (including phenoxy) is 1. The molecule has 0 radical (unpaired) electrons. The van der Waals surface area contributed by atoms with Gasteiger partial charge in [-0.25, -0.2) is 18.4 Å². The molecule has 1 saturated heterocycles. The first-order valence-electron chi connectivity index (χ1n) is 12.1. The summed E-state index contributed by atoms with van der Waals surface area (Å²) in [7, 11) is 4.08. The summed E-state index contributed by atoms with van der Waals surface area (Å²) in [4.78, 5) is 23.6. The Bertz CT molecular complexity index is 1500. The largest absolute Gasteiger partial charge is 0.493 e. The zero-order valence-corrected chi connectivity index (χ0v) is 21.3. The standard InChI is InChI=1S/C27H25F2N5O2S/c1-32(2)19-7-9-33(14-19)27(35)17-3-6-23-20(11-17)25-16(8-10-36-23)12-24(37-25)26-30-15-31-34(26)22-5-4-18(28)13-21(22)29/h3-6,11-13,15,19H,7-10,14H2,1-2H3. The van der Waals surface area contributed by atoms with Crippen LogP contribution in [-0.4, -0.2) is 70.3 Å². The molecule has 1 amide bonds. The molecule has 0 spiro atoms. The van der Waals surface area contributed by atoms with Crippen LogP contribution in [0.25, 0.3) is 26.8 Å². The summed E-state index contributed by atoms with van der Waals surface area (Å²) in [6, 6.07) is 11.4. The van der Waals surface area contributed by atoms with Gasteiger partial charge in [0.05, 0.1) is 11.5 Å². The van der Waals surface area contributed by atoms with Gasteiger partial charge in [0.2, 0.25) is 0 Å². The summed E-state index contributed by atoms with van der Waals surface area (Å²) < 4.78 is 35.4. The van der Waals surface area contributed by atoms with E-state index in [2.05, 4.69) is 15.0 Å². The molecule has 2 aromatic carbocycles. The number of rotatable bonds is 4. The van der Waals surface area contributed by atoms with Crippen molar-refractivity contribution in [2.24, 2.45) is 0 Å². The third kappa shape index (κ3) is 4.30. The van der Waals surface area contributed by atoms with E-state index in [1.54, 1.807) is 0 Å². The molecule has 190 valence electrons. The van der Waals surface area contributed by atoms with Crippen LogP contribution in [0.3, 0.4) is 0 Å². The van der Waals surface area contributed by atoms with Gasteiger partial charge in [-0.1, -0.05) is 0 Å². The third-order valence-electron chi connectivity index (χ3n) is 7.00. The molecule has 1 fully saturated rings. The van der Waals surface area contributed by atoms with Gasteiger partial charge in [0.25, 0.3) is 5.91 Å². The average molecular weight is 522 g/mol. The van der Waals surface area contributed by atoms with Crippen molar-refractivity contribution in [1.82, 2.24) is 24.6 Å². The van der Waals surface area contributed by atoms with Crippen LogP contribution in [-0.2, 0) is 6.42 Å². The van der Waals surface area contributed by atoms with Crippen LogP contribution in [0.4, 0.5) is 8.78 Å². The van der Waals surface area contributed by atoms with Gasteiger partial charge in [-0.15, -0.1) is 11.3 Å². The maximum absolute atomic E-state index is 14.5. The highest BCUT2D eigenvalue weighted by molar-refractivity contribution is 7.19. The first-order chi connectivity index (χ1) is 17.9. The topological polar surface area (TPSA) is 63.5 Å². The number of hydrogen-bond donors (Lipinski definition) is 0. The van der Waals surface area contributed by atoms with Gasteiger partial charge in [0.15, 0.2) is 11.6 Å². The zero-order chi connectivity index (χ0) is 25.7. The number of benzene rings is 2. The van der Waals surface area contributed by atoms with E-state index in [0.717, 1.165) is 45.7 Å². The first kappa shape index (κ1) is 23.7. The molecular formula is C27H25F2N5O2S. The van der Waals surface area contributed by atoms with Crippen molar-refractivity contribution in [3.8, 4) is 32.6 Å². The molecule has 0 N–H and O–H groups in total. The summed E-state index contributed by atoms with van der Waals surface area (Å²) in [5.74, 6) is -0.169. The predicted octanol–water partition coefficient (Wildman–Crippen LogP) is 4.65. The van der Waals surface area contributed by atoms with Gasteiger partial charge >= 0.3 is 0 Å². The number of carbonyl (C=O) groups excluding carboxylic acids is 1. The molecule has 4 aromatic rings. The number of aromatic nitrogens is 3. The van der Waals surface area contributed by atoms with Crippen molar-refractivity contribution >= 4 is 17.2 Å². The van der Waals surface area contributed by atoms with Crippen LogP contribution in [0.1, 0.15) is 22.3 Å². The zero-order valence-electron chi connectivity index (χ0n) is 20.4. The smallest absolute Gasteiger partial charge is 0.253 e. The Kier molecular flexibility index (Phi) is 6.00. The molecule has 2 aliphatic rings. The Hall–Kier alpha value is -3.63. The number of likely N-dealkylation sites (N-methyl/N-ethyl adjacent to an activating group) is 1. The van der Waals surface area contributed by atoms with Crippen LogP contribution in [0.15, 0.2) is 48.8 Å². The first-order valence-corrected chi connectivity index (χ1v) is 12.9. The lowest BCUT2D eigenvalue weighted by atomic mass is 10.0. The van der Waals surface area contributed by atoms with Gasteiger partial charge in [-0.2, -0.15) is 5.10 Å². The summed E-state index contributed by atoms with van der Waals surface area (Å²) in [5, 5.41) is 4.19. The Morgan fingerprint density at radius 3 is 2.81 bits per heavy atom. The van der Waals surface area contributed by atoms with Crippen LogP contribution in [0, 0.1) is 11.6 Å². The molecule has 1 unspecified atom stereocenters. The second kappa shape index (κ2) is 9.35. The van der Waals surface area contributed by atoms with Crippen molar-refractivity contribution in [3.05, 3.63) is 71.6 Å². The van der Waals surface area contributed by atoms with Gasteiger partial charge in [0, 0.05) is 47.6 Å². The number of carbonyl (C=O) groups is 1. The average Bonchev–Trinajstić information content (AvgIpc) is 3.62. The monoisotopic (exact) mass is 521 g/mol. The quantitative estimate of drug-likeness (QED) is 0.391. The van der Waals surface area contributed by atoms with E-state index >= 15 is 0 Å². The van der Waals surface area contributed by atoms with E-state index in [-0.39, 0.29) is 11.6 Å². The predicted molar refractivity (Wildman–Crippen MR) is 137 cm³/mol. The molecule has 2 aromatic heterocycles. The van der Waals surface area contributed by atoms with Crippen molar-refractivity contribution in [3.63, 3.8) is 0 Å². The maximum Gasteiger partial charge on any atom is 0.253 e. The number of likely N-dealkylation sites (tertiary alicyclic amines) is 1. The number of hydrogen-bond acceptors (Lipinski definition) is 6. The minimum Gasteiger partial charge on any atom is -0.493 e. The highest BCUT2D eigenvalue weighted by atomic mass is 32.1. The van der Waals surface area contributed by atoms with Crippen molar-refractivity contribution in [2.45, 2.75) is 18.9 Å². The van der Waals surface area contributed by atoms with Gasteiger partial charge < -0.3 is 14.5 Å². The lowest BCUT2D eigenvalue weighted by Gasteiger charge is -2.21. The molecule has 37 heavy (non-hydrogen) atoms. The van der Waals surface area contributed by atoms with Crippen LogP contribution in [0.2, 0.25) is 0 Å². The highest BCUT2D eigenvalue weighted by Gasteiger charge is 2.29. The van der Waals surface area contributed by atoms with Crippen molar-refractivity contribution in [1.29, 1.82) is 0 Å². The summed E-state index contributed by atoms with van der Waals surface area (Å²) in [6.07, 6.45) is 2.99. The molecule has 4 heterocycles. The van der Waals surface area contributed by atoms with E-state index in [1.165, 1.54) is 34.5 Å². The highest BCUT2D eigenvalue weighted by Crippen LogP contribution is 2.44. The second-order valence-electron chi connectivity index (χ2n) is 9.52. The molecule has 2 aliphatic heterocycles. The Morgan fingerprint density at radius 2 is 2.03 bits per heavy atom. The molecular weight excluding hydrogens is 496 g/mol. The molecule has 0 bridgehead atoms. The van der Waals surface area contributed by atoms with Gasteiger partial charge in [-0.05, 0) is 62.5 Å². The number of amides is 1. The normalized spacial score (nSPS) is 16.9. The van der Waals surface area contributed by atoms with Crippen molar-refractivity contribution in [2.75, 3.05) is 33.8 Å². The van der Waals surface area contributed by atoms with E-state index in [4.69, 9.17) is 4.74 Å². The number of halogens is 2. The van der Waals surface area contributed by atoms with Gasteiger partial charge in [0.1, 0.15) is 23.6 Å². The molecule has 0 saturated carbocycles. The van der Waals surface area contributed by atoms with E-state index < -0.39 is 11.6 Å². The minimum absolute atomic E-state index is 0.0151. The fourth-order valence-electron chi connectivity index (χ4n) is 4.96.